The van der Waals surface area contributed by atoms with Crippen LogP contribution in [-0.2, 0) is 11.3 Å². The number of nitrogens with zero attached hydrogens (tertiary/aromatic N) is 5. The molecule has 0 saturated heterocycles. The first-order chi connectivity index (χ1) is 10.4. The minimum Gasteiger partial charge on any atom is -0.358 e. The van der Waals surface area contributed by atoms with Gasteiger partial charge >= 0.3 is 5.82 Å². The number of halogens is 1. The number of aromatic nitrogens is 2. The van der Waals surface area contributed by atoms with E-state index in [1.54, 1.807) is 6.07 Å². The van der Waals surface area contributed by atoms with Gasteiger partial charge in [0.05, 0.1) is 28.6 Å². The summed E-state index contributed by atoms with van der Waals surface area (Å²) in [6.45, 7) is -0.193. The minimum atomic E-state index is -0.643. The van der Waals surface area contributed by atoms with E-state index < -0.39 is 10.8 Å². The van der Waals surface area contributed by atoms with E-state index in [4.69, 9.17) is 16.9 Å². The van der Waals surface area contributed by atoms with Crippen molar-refractivity contribution in [2.24, 2.45) is 0 Å². The summed E-state index contributed by atoms with van der Waals surface area (Å²) >= 11 is 5.88. The molecule has 1 aromatic heterocycles. The average molecular weight is 320 g/mol. The van der Waals surface area contributed by atoms with Crippen molar-refractivity contribution in [3.63, 3.8) is 0 Å². The van der Waals surface area contributed by atoms with Crippen molar-refractivity contribution in [3.8, 4) is 6.07 Å². The molecule has 1 amide bonds. The van der Waals surface area contributed by atoms with Gasteiger partial charge in [0.1, 0.15) is 12.6 Å². The monoisotopic (exact) mass is 319 g/mol. The van der Waals surface area contributed by atoms with E-state index in [1.807, 2.05) is 6.07 Å². The third-order valence-corrected chi connectivity index (χ3v) is 3.16. The molecule has 8 nitrogen and oxygen atoms in total. The molecule has 0 saturated carbocycles. The van der Waals surface area contributed by atoms with Crippen molar-refractivity contribution in [2.45, 2.75) is 6.54 Å². The van der Waals surface area contributed by atoms with E-state index in [9.17, 15) is 14.9 Å². The van der Waals surface area contributed by atoms with Crippen LogP contribution in [0.4, 0.5) is 11.5 Å². The molecule has 9 heteroatoms. The lowest BCUT2D eigenvalue weighted by Crippen LogP contribution is -2.30. The summed E-state index contributed by atoms with van der Waals surface area (Å²) in [5.74, 6) is -0.729. The fourth-order valence-electron chi connectivity index (χ4n) is 1.79. The number of carbonyl (C=O) groups is 1. The van der Waals surface area contributed by atoms with Crippen LogP contribution < -0.4 is 4.90 Å². The smallest absolute Gasteiger partial charge is 0.358 e. The summed E-state index contributed by atoms with van der Waals surface area (Å²) in [6.07, 6.45) is 1.34. The maximum atomic E-state index is 12.2. The Balaban J connectivity index is 2.20. The van der Waals surface area contributed by atoms with E-state index in [0.717, 1.165) is 4.68 Å². The van der Waals surface area contributed by atoms with E-state index in [-0.39, 0.29) is 12.4 Å². The highest BCUT2D eigenvalue weighted by Gasteiger charge is 2.19. The number of amides is 1. The summed E-state index contributed by atoms with van der Waals surface area (Å²) < 4.78 is 1.16. The van der Waals surface area contributed by atoms with Gasteiger partial charge in [-0.25, -0.2) is 0 Å². The number of rotatable bonds is 4. The lowest BCUT2D eigenvalue weighted by Gasteiger charge is -2.18. The van der Waals surface area contributed by atoms with Crippen molar-refractivity contribution in [1.82, 2.24) is 9.78 Å². The second-order valence-corrected chi connectivity index (χ2v) is 4.79. The summed E-state index contributed by atoms with van der Waals surface area (Å²) in [7, 11) is 1.49. The average Bonchev–Trinajstić information content (AvgIpc) is 2.95. The lowest BCUT2D eigenvalue weighted by molar-refractivity contribution is -0.389. The number of hydrogen-bond donors (Lipinski definition) is 0. The molecule has 0 spiro atoms. The highest BCUT2D eigenvalue weighted by atomic mass is 35.5. The van der Waals surface area contributed by atoms with Gasteiger partial charge in [0, 0.05) is 12.1 Å². The number of nitro groups is 1. The van der Waals surface area contributed by atoms with Crippen LogP contribution in [0.15, 0.2) is 30.5 Å². The molecular weight excluding hydrogens is 310 g/mol. The number of likely N-dealkylation sites (N-methyl/N-ethyl adjacent to an activating group) is 1. The fraction of sp³-hybridized carbons (Fsp3) is 0.154. The fourth-order valence-corrected chi connectivity index (χ4v) is 1.96. The van der Waals surface area contributed by atoms with E-state index >= 15 is 0 Å². The van der Waals surface area contributed by atoms with Crippen LogP contribution >= 0.6 is 11.6 Å². The molecule has 2 rings (SSSR count). The predicted octanol–water partition coefficient (Wildman–Crippen LogP) is 1.98. The number of carbonyl (C=O) groups excluding carboxylic acids is 1. The highest BCUT2D eigenvalue weighted by Crippen LogP contribution is 2.23. The minimum absolute atomic E-state index is 0.193. The Morgan fingerprint density at radius 1 is 1.55 bits per heavy atom. The van der Waals surface area contributed by atoms with E-state index in [2.05, 4.69) is 5.10 Å². The zero-order chi connectivity index (χ0) is 16.3. The van der Waals surface area contributed by atoms with Crippen molar-refractivity contribution in [2.75, 3.05) is 11.9 Å². The summed E-state index contributed by atoms with van der Waals surface area (Å²) in [5.41, 5.74) is 0.661. The number of hydrogen-bond acceptors (Lipinski definition) is 5. The van der Waals surface area contributed by atoms with Crippen LogP contribution in [0.5, 0.6) is 0 Å². The van der Waals surface area contributed by atoms with Gasteiger partial charge in [-0.15, -0.1) is 0 Å². The molecule has 0 radical (unpaired) electrons. The molecule has 0 aliphatic carbocycles. The molecule has 0 unspecified atom stereocenters. The first kappa shape index (κ1) is 15.5. The molecule has 0 bridgehead atoms. The maximum absolute atomic E-state index is 12.2. The Morgan fingerprint density at radius 3 is 2.86 bits per heavy atom. The topological polar surface area (TPSA) is 105 Å². The molecule has 22 heavy (non-hydrogen) atoms. The van der Waals surface area contributed by atoms with Crippen LogP contribution in [0.25, 0.3) is 0 Å². The molecule has 2 aromatic rings. The zero-order valence-corrected chi connectivity index (χ0v) is 12.2. The first-order valence-corrected chi connectivity index (χ1v) is 6.44. The SMILES string of the molecule is CN(C(=O)Cn1ccc([N+](=O)[O-])n1)c1cc(Cl)ccc1C#N. The normalized spacial score (nSPS) is 10.0. The number of nitriles is 1. The molecule has 0 fully saturated rings. The van der Waals surface area contributed by atoms with E-state index in [1.165, 1.54) is 36.3 Å². The van der Waals surface area contributed by atoms with Gasteiger partial charge in [-0.05, 0) is 23.1 Å². The summed E-state index contributed by atoms with van der Waals surface area (Å²) in [6, 6.07) is 7.75. The lowest BCUT2D eigenvalue weighted by atomic mass is 10.2. The second-order valence-electron chi connectivity index (χ2n) is 4.35. The van der Waals surface area contributed by atoms with Crippen LogP contribution in [0, 0.1) is 21.4 Å². The van der Waals surface area contributed by atoms with Crippen LogP contribution in [-0.4, -0.2) is 27.7 Å². The van der Waals surface area contributed by atoms with Crippen LogP contribution in [0.3, 0.4) is 0 Å². The van der Waals surface area contributed by atoms with Gasteiger partial charge in [-0.2, -0.15) is 9.94 Å². The predicted molar refractivity (Wildman–Crippen MR) is 78.5 cm³/mol. The molecular formula is C13H10ClN5O3. The largest absolute Gasteiger partial charge is 0.389 e. The highest BCUT2D eigenvalue weighted by molar-refractivity contribution is 6.31. The van der Waals surface area contributed by atoms with Gasteiger partial charge in [0.15, 0.2) is 0 Å². The Kier molecular flexibility index (Phi) is 4.39. The van der Waals surface area contributed by atoms with Gasteiger partial charge in [0.25, 0.3) is 5.91 Å². The zero-order valence-electron chi connectivity index (χ0n) is 11.4. The summed E-state index contributed by atoms with van der Waals surface area (Å²) in [4.78, 5) is 23.4. The Hall–Kier alpha value is -2.92. The molecule has 1 heterocycles. The maximum Gasteiger partial charge on any atom is 0.389 e. The molecule has 1 aromatic carbocycles. The van der Waals surface area contributed by atoms with Gasteiger partial charge < -0.3 is 15.0 Å². The molecule has 0 atom stereocenters. The first-order valence-electron chi connectivity index (χ1n) is 6.06. The number of anilines is 1. The van der Waals surface area contributed by atoms with E-state index in [0.29, 0.717) is 16.3 Å². The van der Waals surface area contributed by atoms with Crippen LogP contribution in [0.2, 0.25) is 5.02 Å². The standard InChI is InChI=1S/C13H10ClN5O3/c1-17(11-6-10(14)3-2-9(11)7-15)13(20)8-18-5-4-12(16-18)19(21)22/h2-6H,8H2,1H3. The Labute approximate surface area is 130 Å². The van der Waals surface area contributed by atoms with Gasteiger partial charge in [-0.1, -0.05) is 11.6 Å². The molecule has 0 aliphatic rings. The third-order valence-electron chi connectivity index (χ3n) is 2.93. The Morgan fingerprint density at radius 2 is 2.27 bits per heavy atom. The second kappa shape index (κ2) is 6.24. The van der Waals surface area contributed by atoms with Gasteiger partial charge in [-0.3, -0.25) is 4.79 Å². The van der Waals surface area contributed by atoms with Crippen molar-refractivity contribution in [1.29, 1.82) is 5.26 Å². The van der Waals surface area contributed by atoms with Crippen molar-refractivity contribution >= 4 is 29.0 Å². The van der Waals surface area contributed by atoms with Crippen molar-refractivity contribution in [3.05, 3.63) is 51.2 Å². The Bertz CT molecular complexity index is 780. The van der Waals surface area contributed by atoms with Crippen molar-refractivity contribution < 1.29 is 9.72 Å². The summed E-state index contributed by atoms with van der Waals surface area (Å²) in [5, 5.41) is 23.7. The quantitative estimate of drug-likeness (QED) is 0.633. The molecule has 0 aliphatic heterocycles. The molecule has 112 valence electrons. The number of benzene rings is 1. The van der Waals surface area contributed by atoms with Gasteiger partial charge in [0.2, 0.25) is 0 Å². The molecule has 0 N–H and O–H groups in total. The van der Waals surface area contributed by atoms with Crippen LogP contribution in [0.1, 0.15) is 5.56 Å². The third kappa shape index (κ3) is 3.21.